The van der Waals surface area contributed by atoms with Crippen LogP contribution in [0.3, 0.4) is 0 Å². The van der Waals surface area contributed by atoms with Gasteiger partial charge in [-0.15, -0.1) is 0 Å². The van der Waals surface area contributed by atoms with E-state index in [2.05, 4.69) is 4.99 Å². The number of carbonyl (C=O) groups excluding carboxylic acids is 1. The van der Waals surface area contributed by atoms with Gasteiger partial charge < -0.3 is 9.47 Å². The maximum Gasteiger partial charge on any atom is 0.335 e. The third-order valence-corrected chi connectivity index (χ3v) is 2.68. The lowest BCUT2D eigenvalue weighted by atomic mass is 10.0. The van der Waals surface area contributed by atoms with Gasteiger partial charge in [0, 0.05) is 5.02 Å². The molecule has 2 atom stereocenters. The van der Waals surface area contributed by atoms with Crippen molar-refractivity contribution >= 4 is 24.0 Å². The summed E-state index contributed by atoms with van der Waals surface area (Å²) in [5, 5.41) is 0.239. The molecule has 1 aromatic carbocycles. The van der Waals surface area contributed by atoms with Crippen molar-refractivity contribution in [1.82, 2.24) is 0 Å². The molecule has 0 aromatic heterocycles. The van der Waals surface area contributed by atoms with Crippen molar-refractivity contribution in [3.8, 4) is 0 Å². The molecule has 1 aromatic rings. The lowest BCUT2D eigenvalue weighted by Gasteiger charge is -2.16. The van der Waals surface area contributed by atoms with Crippen LogP contribution in [0.5, 0.6) is 0 Å². The van der Waals surface area contributed by atoms with Crippen LogP contribution in [0.4, 0.5) is 4.39 Å². The Bertz CT molecular complexity index is 472. The first-order valence-corrected chi connectivity index (χ1v) is 5.79. The number of aliphatic imine (C=N–C) groups is 1. The Balaban J connectivity index is 2.24. The maximum atomic E-state index is 13.3. The van der Waals surface area contributed by atoms with Crippen LogP contribution in [0.25, 0.3) is 0 Å². The summed E-state index contributed by atoms with van der Waals surface area (Å²) >= 11 is 5.76. The van der Waals surface area contributed by atoms with E-state index in [1.165, 1.54) is 24.6 Å². The van der Waals surface area contributed by atoms with E-state index in [1.807, 2.05) is 0 Å². The average molecular weight is 272 g/mol. The van der Waals surface area contributed by atoms with Crippen LogP contribution in [0, 0.1) is 5.82 Å². The average Bonchev–Trinajstić information content (AvgIpc) is 2.76. The molecule has 0 amide bonds. The molecule has 0 bridgehead atoms. The summed E-state index contributed by atoms with van der Waals surface area (Å²) in [7, 11) is 0. The number of halogens is 2. The standard InChI is InChI=1S/C12H11ClFNO3/c1-2-17-12(16)10-11(18-6-15-10)7-3-8(13)5-9(14)4-7/h3-6,10-11H,2H2,1H3. The van der Waals surface area contributed by atoms with Crippen molar-refractivity contribution < 1.29 is 18.7 Å². The van der Waals surface area contributed by atoms with Gasteiger partial charge in [-0.3, -0.25) is 0 Å². The molecule has 0 fully saturated rings. The molecule has 96 valence electrons. The molecule has 0 saturated heterocycles. The maximum absolute atomic E-state index is 13.3. The van der Waals surface area contributed by atoms with Gasteiger partial charge in [-0.25, -0.2) is 14.2 Å². The Hall–Kier alpha value is -1.62. The Morgan fingerprint density at radius 1 is 1.56 bits per heavy atom. The highest BCUT2D eigenvalue weighted by atomic mass is 35.5. The van der Waals surface area contributed by atoms with Gasteiger partial charge in [-0.05, 0) is 30.7 Å². The van der Waals surface area contributed by atoms with Crippen LogP contribution in [-0.4, -0.2) is 25.0 Å². The largest absolute Gasteiger partial charge is 0.473 e. The van der Waals surface area contributed by atoms with E-state index >= 15 is 0 Å². The second-order valence-electron chi connectivity index (χ2n) is 3.71. The summed E-state index contributed by atoms with van der Waals surface area (Å²) < 4.78 is 23.4. The third-order valence-electron chi connectivity index (χ3n) is 2.46. The Morgan fingerprint density at radius 3 is 3.00 bits per heavy atom. The molecule has 0 saturated carbocycles. The number of nitrogens with zero attached hydrogens (tertiary/aromatic N) is 1. The van der Waals surface area contributed by atoms with Crippen molar-refractivity contribution in [2.24, 2.45) is 4.99 Å². The highest BCUT2D eigenvalue weighted by Gasteiger charge is 2.35. The van der Waals surface area contributed by atoms with E-state index < -0.39 is 23.9 Å². The first-order valence-electron chi connectivity index (χ1n) is 5.41. The quantitative estimate of drug-likeness (QED) is 0.794. The number of rotatable bonds is 3. The minimum Gasteiger partial charge on any atom is -0.473 e. The summed E-state index contributed by atoms with van der Waals surface area (Å²) in [5.41, 5.74) is 0.454. The molecule has 6 heteroatoms. The number of hydrogen-bond donors (Lipinski definition) is 0. The van der Waals surface area contributed by atoms with Crippen molar-refractivity contribution in [3.05, 3.63) is 34.6 Å². The highest BCUT2D eigenvalue weighted by Crippen LogP contribution is 2.30. The zero-order valence-corrected chi connectivity index (χ0v) is 10.4. The molecule has 2 rings (SSSR count). The van der Waals surface area contributed by atoms with Gasteiger partial charge in [-0.2, -0.15) is 0 Å². The monoisotopic (exact) mass is 271 g/mol. The van der Waals surface area contributed by atoms with Crippen molar-refractivity contribution in [2.45, 2.75) is 19.1 Å². The summed E-state index contributed by atoms with van der Waals surface area (Å²) in [6, 6.07) is 3.16. The number of carbonyl (C=O) groups is 1. The number of hydrogen-bond acceptors (Lipinski definition) is 4. The Morgan fingerprint density at radius 2 is 2.33 bits per heavy atom. The van der Waals surface area contributed by atoms with Crippen LogP contribution in [0.15, 0.2) is 23.2 Å². The fourth-order valence-corrected chi connectivity index (χ4v) is 1.96. The molecule has 4 nitrogen and oxygen atoms in total. The van der Waals surface area contributed by atoms with Gasteiger partial charge in [0.2, 0.25) is 0 Å². The van der Waals surface area contributed by atoms with E-state index in [0.29, 0.717) is 5.56 Å². The zero-order chi connectivity index (χ0) is 13.1. The molecule has 1 aliphatic rings. The van der Waals surface area contributed by atoms with Crippen LogP contribution in [0.1, 0.15) is 18.6 Å². The summed E-state index contributed by atoms with van der Waals surface area (Å²) in [5.74, 6) is -0.993. The zero-order valence-electron chi connectivity index (χ0n) is 9.60. The first kappa shape index (κ1) is 12.8. The Labute approximate surface area is 108 Å². The second-order valence-corrected chi connectivity index (χ2v) is 4.15. The number of ether oxygens (including phenoxy) is 2. The molecule has 2 unspecified atom stereocenters. The van der Waals surface area contributed by atoms with Gasteiger partial charge in [0.15, 0.2) is 18.5 Å². The van der Waals surface area contributed by atoms with Crippen molar-refractivity contribution in [3.63, 3.8) is 0 Å². The van der Waals surface area contributed by atoms with E-state index in [1.54, 1.807) is 6.92 Å². The van der Waals surface area contributed by atoms with Crippen molar-refractivity contribution in [2.75, 3.05) is 6.61 Å². The molecular weight excluding hydrogens is 261 g/mol. The molecule has 0 spiro atoms. The normalized spacial score (nSPS) is 21.7. The SMILES string of the molecule is CCOC(=O)C1N=COC1c1cc(F)cc(Cl)c1. The molecule has 1 heterocycles. The van der Waals surface area contributed by atoms with E-state index in [9.17, 15) is 9.18 Å². The first-order chi connectivity index (χ1) is 8.61. The molecular formula is C12H11ClFNO3. The lowest BCUT2D eigenvalue weighted by molar-refractivity contribution is -0.146. The molecule has 1 aliphatic heterocycles. The topological polar surface area (TPSA) is 47.9 Å². The van der Waals surface area contributed by atoms with Crippen LogP contribution < -0.4 is 0 Å². The van der Waals surface area contributed by atoms with Crippen LogP contribution in [-0.2, 0) is 14.3 Å². The smallest absolute Gasteiger partial charge is 0.335 e. The molecule has 0 N–H and O–H groups in total. The van der Waals surface area contributed by atoms with Gasteiger partial charge in [0.05, 0.1) is 6.61 Å². The van der Waals surface area contributed by atoms with E-state index in [-0.39, 0.29) is 11.6 Å². The molecule has 18 heavy (non-hydrogen) atoms. The van der Waals surface area contributed by atoms with Gasteiger partial charge in [0.1, 0.15) is 5.82 Å². The lowest BCUT2D eigenvalue weighted by Crippen LogP contribution is -2.26. The van der Waals surface area contributed by atoms with Gasteiger partial charge in [0.25, 0.3) is 0 Å². The second kappa shape index (κ2) is 5.35. The fraction of sp³-hybridized carbons (Fsp3) is 0.333. The minimum absolute atomic E-state index is 0.239. The summed E-state index contributed by atoms with van der Waals surface area (Å²) in [4.78, 5) is 15.5. The predicted octanol–water partition coefficient (Wildman–Crippen LogP) is 2.51. The Kier molecular flexibility index (Phi) is 3.81. The summed E-state index contributed by atoms with van der Waals surface area (Å²) in [6.45, 7) is 1.95. The molecule has 0 radical (unpaired) electrons. The molecule has 0 aliphatic carbocycles. The predicted molar refractivity (Wildman–Crippen MR) is 64.1 cm³/mol. The van der Waals surface area contributed by atoms with Crippen LogP contribution in [0.2, 0.25) is 5.02 Å². The minimum atomic E-state index is -0.817. The van der Waals surface area contributed by atoms with Crippen LogP contribution >= 0.6 is 11.6 Å². The summed E-state index contributed by atoms with van der Waals surface area (Å²) in [6.07, 6.45) is 0.475. The van der Waals surface area contributed by atoms with E-state index in [4.69, 9.17) is 21.1 Å². The number of esters is 1. The fourth-order valence-electron chi connectivity index (χ4n) is 1.73. The van der Waals surface area contributed by atoms with Crippen molar-refractivity contribution in [1.29, 1.82) is 0 Å². The van der Waals surface area contributed by atoms with E-state index in [0.717, 1.165) is 0 Å². The third kappa shape index (κ3) is 2.61. The highest BCUT2D eigenvalue weighted by molar-refractivity contribution is 6.30. The van der Waals surface area contributed by atoms with Gasteiger partial charge in [-0.1, -0.05) is 11.6 Å². The van der Waals surface area contributed by atoms with Gasteiger partial charge >= 0.3 is 5.97 Å². The number of benzene rings is 1.